The van der Waals surface area contributed by atoms with Crippen molar-refractivity contribution in [2.45, 2.75) is 65.1 Å². The monoisotopic (exact) mass is 569 g/mol. The van der Waals surface area contributed by atoms with E-state index >= 15 is 0 Å². The second-order valence-corrected chi connectivity index (χ2v) is 11.9. The fourth-order valence-corrected chi connectivity index (χ4v) is 6.05. The van der Waals surface area contributed by atoms with Crippen LogP contribution in [0.25, 0.3) is 28.0 Å². The normalized spacial score (nSPS) is 20.0. The summed E-state index contributed by atoms with van der Waals surface area (Å²) in [6, 6.07) is 6.40. The number of aromatic nitrogens is 6. The number of nitriles is 1. The number of alkyl halides is 1. The molecule has 1 saturated heterocycles. The third-order valence-corrected chi connectivity index (χ3v) is 9.00. The smallest absolute Gasteiger partial charge is 0.226 e. The molecule has 6 rings (SSSR count). The van der Waals surface area contributed by atoms with Gasteiger partial charge in [-0.2, -0.15) is 15.5 Å². The first-order valence-electron chi connectivity index (χ1n) is 14.8. The van der Waals surface area contributed by atoms with Gasteiger partial charge in [0.25, 0.3) is 0 Å². The number of fused-ring (bicyclic) bond motifs is 1. The molecular formula is C31H36FN9O. The lowest BCUT2D eigenvalue weighted by molar-refractivity contribution is -0.133. The minimum Gasteiger partial charge on any atom is -0.357 e. The van der Waals surface area contributed by atoms with Crippen LogP contribution in [0.5, 0.6) is 0 Å². The van der Waals surface area contributed by atoms with E-state index in [4.69, 9.17) is 9.97 Å². The Bertz CT molecular complexity index is 1620. The zero-order valence-electron chi connectivity index (χ0n) is 24.3. The molecule has 42 heavy (non-hydrogen) atoms. The minimum atomic E-state index is -0.705. The van der Waals surface area contributed by atoms with Crippen LogP contribution in [-0.4, -0.2) is 61.1 Å². The molecule has 1 saturated carbocycles. The summed E-state index contributed by atoms with van der Waals surface area (Å²) in [5.41, 5.74) is 3.65. The number of piperidine rings is 1. The molecule has 10 nitrogen and oxygen atoms in total. The maximum Gasteiger partial charge on any atom is 0.226 e. The van der Waals surface area contributed by atoms with E-state index in [0.29, 0.717) is 41.9 Å². The van der Waals surface area contributed by atoms with Crippen molar-refractivity contribution in [3.63, 3.8) is 0 Å². The van der Waals surface area contributed by atoms with E-state index in [2.05, 4.69) is 47.3 Å². The number of carbonyl (C=O) groups is 1. The fourth-order valence-electron chi connectivity index (χ4n) is 6.05. The van der Waals surface area contributed by atoms with Gasteiger partial charge in [-0.3, -0.25) is 9.48 Å². The average molecular weight is 570 g/mol. The Hall–Kier alpha value is -4.33. The molecule has 1 N–H and O–H groups in total. The van der Waals surface area contributed by atoms with Crippen molar-refractivity contribution in [2.24, 2.45) is 11.3 Å². The molecule has 0 bridgehead atoms. The summed E-state index contributed by atoms with van der Waals surface area (Å²) in [6.07, 6.45) is 11.6. The van der Waals surface area contributed by atoms with E-state index in [1.165, 1.54) is 0 Å². The number of pyridine rings is 1. The Labute approximate surface area is 244 Å². The van der Waals surface area contributed by atoms with Gasteiger partial charge in [0.15, 0.2) is 0 Å². The number of anilines is 1. The van der Waals surface area contributed by atoms with E-state index in [9.17, 15) is 14.4 Å². The largest absolute Gasteiger partial charge is 0.357 e. The van der Waals surface area contributed by atoms with E-state index in [1.54, 1.807) is 23.1 Å². The van der Waals surface area contributed by atoms with Crippen molar-refractivity contribution in [1.29, 1.82) is 5.26 Å². The minimum absolute atomic E-state index is 0.0956. The lowest BCUT2D eigenvalue weighted by Crippen LogP contribution is -2.50. The second-order valence-electron chi connectivity index (χ2n) is 11.9. The Kier molecular flexibility index (Phi) is 7.39. The van der Waals surface area contributed by atoms with Gasteiger partial charge in [0.1, 0.15) is 29.1 Å². The molecule has 1 amide bonds. The van der Waals surface area contributed by atoms with E-state index in [0.717, 1.165) is 49.3 Å². The number of hydrogen-bond acceptors (Lipinski definition) is 7. The van der Waals surface area contributed by atoms with Gasteiger partial charge in [-0.1, -0.05) is 6.92 Å². The number of carbonyl (C=O) groups excluding carboxylic acids is 1. The maximum atomic E-state index is 13.2. The number of amides is 1. The lowest BCUT2D eigenvalue weighted by atomic mass is 9.75. The van der Waals surface area contributed by atoms with Crippen LogP contribution in [0.2, 0.25) is 0 Å². The zero-order chi connectivity index (χ0) is 29.4. The van der Waals surface area contributed by atoms with Crippen LogP contribution in [0, 0.1) is 22.7 Å². The molecular weight excluding hydrogens is 533 g/mol. The molecule has 4 aromatic heterocycles. The fraction of sp³-hybridized carbons (Fsp3) is 0.484. The summed E-state index contributed by atoms with van der Waals surface area (Å²) in [7, 11) is 0. The molecule has 0 radical (unpaired) electrons. The van der Waals surface area contributed by atoms with Crippen LogP contribution in [0.3, 0.4) is 0 Å². The predicted octanol–water partition coefficient (Wildman–Crippen LogP) is 4.97. The topological polar surface area (TPSA) is 117 Å². The average Bonchev–Trinajstić information content (AvgIpc) is 3.66. The van der Waals surface area contributed by atoms with E-state index < -0.39 is 11.6 Å². The highest BCUT2D eigenvalue weighted by Gasteiger charge is 2.40. The van der Waals surface area contributed by atoms with Crippen molar-refractivity contribution >= 4 is 17.2 Å². The summed E-state index contributed by atoms with van der Waals surface area (Å²) < 4.78 is 16.7. The zero-order valence-corrected chi connectivity index (χ0v) is 24.3. The van der Waals surface area contributed by atoms with E-state index in [-0.39, 0.29) is 17.9 Å². The Balaban J connectivity index is 1.21. The molecule has 1 aliphatic carbocycles. The lowest BCUT2D eigenvalue weighted by Gasteiger charge is -2.41. The van der Waals surface area contributed by atoms with Crippen LogP contribution in [0.15, 0.2) is 43.1 Å². The first-order valence-corrected chi connectivity index (χ1v) is 14.8. The Morgan fingerprint density at radius 1 is 1.14 bits per heavy atom. The highest BCUT2D eigenvalue weighted by Crippen LogP contribution is 2.38. The number of hydrogen-bond donors (Lipinski definition) is 1. The summed E-state index contributed by atoms with van der Waals surface area (Å²) in [5.74, 6) is 1.20. The Morgan fingerprint density at radius 3 is 2.55 bits per heavy atom. The molecule has 4 aromatic rings. The van der Waals surface area contributed by atoms with Crippen molar-refractivity contribution in [3.05, 3.63) is 48.7 Å². The van der Waals surface area contributed by atoms with Crippen LogP contribution >= 0.6 is 0 Å². The molecule has 0 unspecified atom stereocenters. The molecule has 11 heteroatoms. The highest BCUT2D eigenvalue weighted by atomic mass is 19.1. The third kappa shape index (κ3) is 5.10. The number of rotatable bonds is 8. The van der Waals surface area contributed by atoms with Gasteiger partial charge < -0.3 is 10.2 Å². The molecule has 0 atom stereocenters. The molecule has 1 aliphatic heterocycles. The quantitative estimate of drug-likeness (QED) is 0.318. The molecule has 0 spiro atoms. The molecule has 2 fully saturated rings. The van der Waals surface area contributed by atoms with Crippen LogP contribution in [-0.2, 0) is 4.79 Å². The van der Waals surface area contributed by atoms with Crippen molar-refractivity contribution in [1.82, 2.24) is 34.7 Å². The van der Waals surface area contributed by atoms with Crippen molar-refractivity contribution in [3.8, 4) is 28.6 Å². The van der Waals surface area contributed by atoms with Gasteiger partial charge in [-0.15, -0.1) is 0 Å². The highest BCUT2D eigenvalue weighted by molar-refractivity contribution is 5.84. The first-order chi connectivity index (χ1) is 20.3. The van der Waals surface area contributed by atoms with Gasteiger partial charge in [0.2, 0.25) is 5.91 Å². The molecule has 5 heterocycles. The second kappa shape index (κ2) is 11.2. The van der Waals surface area contributed by atoms with Gasteiger partial charge in [0.05, 0.1) is 35.4 Å². The van der Waals surface area contributed by atoms with Crippen molar-refractivity contribution in [2.75, 3.05) is 24.5 Å². The summed E-state index contributed by atoms with van der Waals surface area (Å²) in [5, 5.41) is 21.7. The number of nitrogens with zero attached hydrogens (tertiary/aromatic N) is 8. The van der Waals surface area contributed by atoms with Gasteiger partial charge in [0, 0.05) is 49.2 Å². The van der Waals surface area contributed by atoms with Crippen LogP contribution in [0.1, 0.15) is 64.5 Å². The van der Waals surface area contributed by atoms with Gasteiger partial charge in [-0.25, -0.2) is 18.9 Å². The van der Waals surface area contributed by atoms with Crippen LogP contribution < -0.4 is 10.2 Å². The maximum absolute atomic E-state index is 13.2. The first kappa shape index (κ1) is 27.8. The number of nitrogens with one attached hydrogen (secondary N) is 1. The molecule has 0 aromatic carbocycles. The standard InChI is InChI=1S/C31H36FN9O/c1-4-31(30(42)35-14-21-11-25(32)12-21)7-9-39(10-8-31)27-6-5-22(15-34-27)28-29-23(13-33)16-37-41(29)19-26(38-28)24-17-36-40(18-24)20(2)3/h5-6,15-21,25H,4,7-12,14H2,1-3H3,(H,35,42). The van der Waals surface area contributed by atoms with Crippen molar-refractivity contribution < 1.29 is 9.18 Å². The SMILES string of the molecule is CCC1(C(=O)NCC2CC(F)C2)CCN(c2ccc(-c3nc(-c4cnn(C(C)C)c4)cn4ncc(C#N)c34)cn2)CC1. The van der Waals surface area contributed by atoms with E-state index in [1.807, 2.05) is 29.2 Å². The summed E-state index contributed by atoms with van der Waals surface area (Å²) >= 11 is 0. The third-order valence-electron chi connectivity index (χ3n) is 9.00. The van der Waals surface area contributed by atoms with Crippen LogP contribution in [0.4, 0.5) is 10.2 Å². The van der Waals surface area contributed by atoms with Gasteiger partial charge >= 0.3 is 0 Å². The molecule has 218 valence electrons. The Morgan fingerprint density at radius 2 is 1.93 bits per heavy atom. The van der Waals surface area contributed by atoms with Gasteiger partial charge in [-0.05, 0) is 64.0 Å². The summed E-state index contributed by atoms with van der Waals surface area (Å²) in [4.78, 5) is 25.1. The predicted molar refractivity (Wildman–Crippen MR) is 157 cm³/mol. The number of halogens is 1. The summed E-state index contributed by atoms with van der Waals surface area (Å²) in [6.45, 7) is 8.23. The molecule has 2 aliphatic rings.